The summed E-state index contributed by atoms with van der Waals surface area (Å²) in [6.45, 7) is 6.79. The Morgan fingerprint density at radius 3 is 2.30 bits per heavy atom. The van der Waals surface area contributed by atoms with Crippen LogP contribution in [0.4, 0.5) is 0 Å². The minimum Gasteiger partial charge on any atom is -0.367 e. The van der Waals surface area contributed by atoms with Crippen molar-refractivity contribution >= 4 is 5.78 Å². The van der Waals surface area contributed by atoms with Gasteiger partial charge >= 0.3 is 0 Å². The number of rotatable bonds is 5. The lowest BCUT2D eigenvalue weighted by Crippen LogP contribution is -2.44. The lowest BCUT2D eigenvalue weighted by Gasteiger charge is -2.36. The molecule has 0 aromatic heterocycles. The second-order valence-electron chi connectivity index (χ2n) is 5.96. The number of ketones is 1. The van der Waals surface area contributed by atoms with E-state index in [0.717, 1.165) is 25.7 Å². The van der Waals surface area contributed by atoms with E-state index in [-0.39, 0.29) is 5.78 Å². The predicted octanol–water partition coefficient (Wildman–Crippen LogP) is 4.15. The minimum absolute atomic E-state index is 0.274. The largest absolute Gasteiger partial charge is 0.367 e. The van der Waals surface area contributed by atoms with Crippen LogP contribution in [0.3, 0.4) is 0 Å². The lowest BCUT2D eigenvalue weighted by atomic mass is 9.79. The average Bonchev–Trinajstić information content (AvgIpc) is 2.44. The third kappa shape index (κ3) is 3.12. The third-order valence-corrected chi connectivity index (χ3v) is 4.57. The highest BCUT2D eigenvalue weighted by Gasteiger charge is 2.39. The van der Waals surface area contributed by atoms with Gasteiger partial charge in [-0.25, -0.2) is 0 Å². The molecule has 110 valence electrons. The fourth-order valence-corrected chi connectivity index (χ4v) is 3.35. The zero-order chi connectivity index (χ0) is 14.6. The molecule has 1 aliphatic rings. The summed E-state index contributed by atoms with van der Waals surface area (Å²) in [4.78, 5) is 12.9. The number of ether oxygens (including phenoxy) is 1. The van der Waals surface area contributed by atoms with Gasteiger partial charge in [-0.15, -0.1) is 0 Å². The number of Topliss-reactive ketones (excluding diaryl/α,β-unsaturated/α-hetero) is 1. The van der Waals surface area contributed by atoms with Crippen LogP contribution in [0, 0.1) is 13.8 Å². The molecule has 20 heavy (non-hydrogen) atoms. The molecule has 0 spiro atoms. The van der Waals surface area contributed by atoms with E-state index in [2.05, 4.69) is 32.0 Å². The fourth-order valence-electron chi connectivity index (χ4n) is 3.35. The van der Waals surface area contributed by atoms with Gasteiger partial charge in [0.15, 0.2) is 5.78 Å². The van der Waals surface area contributed by atoms with Crippen LogP contribution in [0.25, 0.3) is 0 Å². The molecule has 0 atom stereocenters. The standard InChI is InChI=1S/C18H26O2/c1-4-20-18(11-6-5-7-12-18)17(19)13-16-14(2)9-8-10-15(16)3/h8-10H,4-7,11-13H2,1-3H3. The molecule has 2 heteroatoms. The molecule has 0 aliphatic heterocycles. The lowest BCUT2D eigenvalue weighted by molar-refractivity contribution is -0.148. The summed E-state index contributed by atoms with van der Waals surface area (Å²) in [5, 5.41) is 0. The van der Waals surface area contributed by atoms with Gasteiger partial charge in [0.1, 0.15) is 5.60 Å². The molecule has 0 saturated heterocycles. The van der Waals surface area contributed by atoms with Crippen LogP contribution < -0.4 is 0 Å². The second kappa shape index (κ2) is 6.53. The van der Waals surface area contributed by atoms with Crippen molar-refractivity contribution in [2.45, 2.75) is 64.9 Å². The Morgan fingerprint density at radius 2 is 1.75 bits per heavy atom. The molecule has 2 rings (SSSR count). The molecule has 0 bridgehead atoms. The van der Waals surface area contributed by atoms with Crippen LogP contribution in [0.2, 0.25) is 0 Å². The highest BCUT2D eigenvalue weighted by atomic mass is 16.5. The number of benzene rings is 1. The maximum Gasteiger partial charge on any atom is 0.168 e. The minimum atomic E-state index is -0.512. The summed E-state index contributed by atoms with van der Waals surface area (Å²) < 4.78 is 5.93. The van der Waals surface area contributed by atoms with E-state index in [4.69, 9.17) is 4.74 Å². The first-order chi connectivity index (χ1) is 9.59. The summed E-state index contributed by atoms with van der Waals surface area (Å²) >= 11 is 0. The molecular formula is C18H26O2. The zero-order valence-corrected chi connectivity index (χ0v) is 13.0. The van der Waals surface area contributed by atoms with E-state index < -0.39 is 5.60 Å². The van der Waals surface area contributed by atoms with Crippen molar-refractivity contribution in [2.24, 2.45) is 0 Å². The van der Waals surface area contributed by atoms with E-state index >= 15 is 0 Å². The van der Waals surface area contributed by atoms with Gasteiger partial charge in [0.05, 0.1) is 0 Å². The highest BCUT2D eigenvalue weighted by Crippen LogP contribution is 2.34. The molecule has 1 saturated carbocycles. The number of carbonyl (C=O) groups is 1. The Balaban J connectivity index is 2.20. The molecule has 0 heterocycles. The summed E-state index contributed by atoms with van der Waals surface area (Å²) in [6.07, 6.45) is 5.75. The Morgan fingerprint density at radius 1 is 1.15 bits per heavy atom. The monoisotopic (exact) mass is 274 g/mol. The van der Waals surface area contributed by atoms with Crippen molar-refractivity contribution in [3.05, 3.63) is 34.9 Å². The maximum atomic E-state index is 12.9. The first kappa shape index (κ1) is 15.2. The summed E-state index contributed by atoms with van der Waals surface area (Å²) in [7, 11) is 0. The summed E-state index contributed by atoms with van der Waals surface area (Å²) in [5.41, 5.74) is 3.09. The Labute approximate surface area is 122 Å². The quantitative estimate of drug-likeness (QED) is 0.806. The molecular weight excluding hydrogens is 248 g/mol. The van der Waals surface area contributed by atoms with E-state index in [1.807, 2.05) is 6.92 Å². The zero-order valence-electron chi connectivity index (χ0n) is 13.0. The molecule has 1 aromatic carbocycles. The Hall–Kier alpha value is -1.15. The van der Waals surface area contributed by atoms with Crippen molar-refractivity contribution in [1.29, 1.82) is 0 Å². The number of hydrogen-bond donors (Lipinski definition) is 0. The van der Waals surface area contributed by atoms with Gasteiger partial charge in [0, 0.05) is 13.0 Å². The first-order valence-electron chi connectivity index (χ1n) is 7.81. The molecule has 1 aromatic rings. The van der Waals surface area contributed by atoms with E-state index in [9.17, 15) is 4.79 Å². The van der Waals surface area contributed by atoms with Crippen LogP contribution in [-0.2, 0) is 16.0 Å². The molecule has 0 radical (unpaired) electrons. The van der Waals surface area contributed by atoms with Gasteiger partial charge in [-0.3, -0.25) is 4.79 Å². The number of carbonyl (C=O) groups excluding carboxylic acids is 1. The summed E-state index contributed by atoms with van der Waals surface area (Å²) in [5.74, 6) is 0.274. The molecule has 2 nitrogen and oxygen atoms in total. The van der Waals surface area contributed by atoms with Crippen LogP contribution in [-0.4, -0.2) is 18.0 Å². The van der Waals surface area contributed by atoms with Crippen LogP contribution in [0.1, 0.15) is 55.7 Å². The Kier molecular flexibility index (Phi) is 4.98. The van der Waals surface area contributed by atoms with Gasteiger partial charge < -0.3 is 4.74 Å². The topological polar surface area (TPSA) is 26.3 Å². The van der Waals surface area contributed by atoms with Gasteiger partial charge in [0.25, 0.3) is 0 Å². The average molecular weight is 274 g/mol. The van der Waals surface area contributed by atoms with Crippen LogP contribution >= 0.6 is 0 Å². The number of hydrogen-bond acceptors (Lipinski definition) is 2. The van der Waals surface area contributed by atoms with E-state index in [1.165, 1.54) is 23.1 Å². The van der Waals surface area contributed by atoms with Crippen molar-refractivity contribution in [2.75, 3.05) is 6.61 Å². The highest BCUT2D eigenvalue weighted by molar-refractivity contribution is 5.89. The SMILES string of the molecule is CCOC1(C(=O)Cc2c(C)cccc2C)CCCCC1. The van der Waals surface area contributed by atoms with Crippen LogP contribution in [0.5, 0.6) is 0 Å². The third-order valence-electron chi connectivity index (χ3n) is 4.57. The van der Waals surface area contributed by atoms with Gasteiger partial charge in [-0.2, -0.15) is 0 Å². The second-order valence-corrected chi connectivity index (χ2v) is 5.96. The molecule has 0 unspecified atom stereocenters. The van der Waals surface area contributed by atoms with Crippen molar-refractivity contribution in [3.63, 3.8) is 0 Å². The smallest absolute Gasteiger partial charge is 0.168 e. The predicted molar refractivity (Wildman–Crippen MR) is 82.1 cm³/mol. The van der Waals surface area contributed by atoms with Crippen molar-refractivity contribution < 1.29 is 9.53 Å². The van der Waals surface area contributed by atoms with Crippen molar-refractivity contribution in [3.8, 4) is 0 Å². The van der Waals surface area contributed by atoms with Crippen molar-refractivity contribution in [1.82, 2.24) is 0 Å². The van der Waals surface area contributed by atoms with Gasteiger partial charge in [-0.05, 0) is 50.3 Å². The molecule has 1 fully saturated rings. The fraction of sp³-hybridized carbons (Fsp3) is 0.611. The Bertz CT molecular complexity index is 445. The van der Waals surface area contributed by atoms with Crippen LogP contribution in [0.15, 0.2) is 18.2 Å². The van der Waals surface area contributed by atoms with E-state index in [1.54, 1.807) is 0 Å². The van der Waals surface area contributed by atoms with Gasteiger partial charge in [0.2, 0.25) is 0 Å². The molecule has 1 aliphatic carbocycles. The first-order valence-corrected chi connectivity index (χ1v) is 7.81. The molecule has 0 N–H and O–H groups in total. The normalized spacial score (nSPS) is 17.9. The van der Waals surface area contributed by atoms with Gasteiger partial charge in [-0.1, -0.05) is 37.5 Å². The summed E-state index contributed by atoms with van der Waals surface area (Å²) in [6, 6.07) is 6.23. The van der Waals surface area contributed by atoms with E-state index in [0.29, 0.717) is 13.0 Å². The molecule has 0 amide bonds. The maximum absolute atomic E-state index is 12.9. The number of aryl methyl sites for hydroxylation is 2.